The van der Waals surface area contributed by atoms with Crippen molar-refractivity contribution < 1.29 is 37.8 Å². The van der Waals surface area contributed by atoms with Gasteiger partial charge in [0, 0.05) is 6.07 Å². The lowest BCUT2D eigenvalue weighted by Crippen LogP contribution is -2.21. The normalized spacial score (nSPS) is 10.4. The fourth-order valence-electron chi connectivity index (χ4n) is 3.08. The van der Waals surface area contributed by atoms with Gasteiger partial charge in [-0.05, 0) is 44.2 Å². The molecule has 3 aromatic rings. The second kappa shape index (κ2) is 11.1. The summed E-state index contributed by atoms with van der Waals surface area (Å²) in [5.74, 6) is 1.19. The molecule has 1 heterocycles. The van der Waals surface area contributed by atoms with Crippen molar-refractivity contribution in [1.82, 2.24) is 5.16 Å². The summed E-state index contributed by atoms with van der Waals surface area (Å²) >= 11 is 0. The number of nitrogens with zero attached hydrogens (tertiary/aromatic N) is 1. The van der Waals surface area contributed by atoms with E-state index in [1.165, 1.54) is 33.5 Å². The van der Waals surface area contributed by atoms with Gasteiger partial charge in [-0.25, -0.2) is 4.79 Å². The molecular formula is C24H26N2O8. The quantitative estimate of drug-likeness (QED) is 0.443. The van der Waals surface area contributed by atoms with Gasteiger partial charge in [0.25, 0.3) is 5.91 Å². The summed E-state index contributed by atoms with van der Waals surface area (Å²) in [7, 11) is 4.45. The summed E-state index contributed by atoms with van der Waals surface area (Å²) in [6.45, 7) is 3.36. The molecule has 2 aromatic carbocycles. The molecule has 0 saturated carbocycles. The number of benzene rings is 2. The average Bonchev–Trinajstić information content (AvgIpc) is 3.17. The molecule has 0 fully saturated rings. The SMILES string of the molecule is COc1ccc(OC)c(NC(=O)COC(=O)c2ccc(OCc3c(C)noc3C)c(OC)c2)c1. The van der Waals surface area contributed by atoms with Crippen molar-refractivity contribution in [3.63, 3.8) is 0 Å². The van der Waals surface area contributed by atoms with Gasteiger partial charge in [0.2, 0.25) is 0 Å². The number of ether oxygens (including phenoxy) is 5. The van der Waals surface area contributed by atoms with Gasteiger partial charge in [-0.15, -0.1) is 0 Å². The molecule has 3 rings (SSSR count). The molecule has 34 heavy (non-hydrogen) atoms. The molecule has 0 atom stereocenters. The van der Waals surface area contributed by atoms with Gasteiger partial charge in [0.1, 0.15) is 23.9 Å². The Morgan fingerprint density at radius 3 is 2.32 bits per heavy atom. The molecule has 1 N–H and O–H groups in total. The van der Waals surface area contributed by atoms with Crippen molar-refractivity contribution in [2.45, 2.75) is 20.5 Å². The van der Waals surface area contributed by atoms with Crippen molar-refractivity contribution in [1.29, 1.82) is 0 Å². The minimum absolute atomic E-state index is 0.202. The molecule has 180 valence electrons. The zero-order valence-electron chi connectivity index (χ0n) is 19.6. The Morgan fingerprint density at radius 2 is 1.68 bits per heavy atom. The standard InChI is InChI=1S/C24H26N2O8/c1-14-18(15(2)34-26-14)12-32-21-8-6-16(10-22(21)31-5)24(28)33-13-23(27)25-19-11-17(29-3)7-9-20(19)30-4/h6-11H,12-13H2,1-5H3,(H,25,27). The van der Waals surface area contributed by atoms with Gasteiger partial charge in [0.05, 0.1) is 43.8 Å². The largest absolute Gasteiger partial charge is 0.497 e. The third-order valence-electron chi connectivity index (χ3n) is 4.97. The number of anilines is 1. The summed E-state index contributed by atoms with van der Waals surface area (Å²) in [5, 5.41) is 6.53. The number of rotatable bonds is 10. The monoisotopic (exact) mass is 470 g/mol. The van der Waals surface area contributed by atoms with Crippen LogP contribution in [0.5, 0.6) is 23.0 Å². The lowest BCUT2D eigenvalue weighted by Gasteiger charge is -2.13. The van der Waals surface area contributed by atoms with E-state index in [0.717, 1.165) is 11.3 Å². The number of hydrogen-bond acceptors (Lipinski definition) is 9. The number of hydrogen-bond donors (Lipinski definition) is 1. The van der Waals surface area contributed by atoms with E-state index in [-0.39, 0.29) is 12.2 Å². The molecule has 0 aliphatic heterocycles. The second-order valence-corrected chi connectivity index (χ2v) is 7.15. The number of methoxy groups -OCH3 is 3. The molecule has 0 aliphatic rings. The van der Waals surface area contributed by atoms with Crippen LogP contribution < -0.4 is 24.3 Å². The fourth-order valence-corrected chi connectivity index (χ4v) is 3.08. The predicted octanol–water partition coefficient (Wildman–Crippen LogP) is 3.69. The molecule has 0 unspecified atom stereocenters. The maximum atomic E-state index is 12.5. The van der Waals surface area contributed by atoms with Crippen LogP contribution in [0.1, 0.15) is 27.4 Å². The summed E-state index contributed by atoms with van der Waals surface area (Å²) in [6, 6.07) is 9.55. The Morgan fingerprint density at radius 1 is 0.941 bits per heavy atom. The van der Waals surface area contributed by atoms with E-state index in [1.807, 2.05) is 6.92 Å². The Balaban J connectivity index is 1.61. The zero-order valence-corrected chi connectivity index (χ0v) is 19.6. The van der Waals surface area contributed by atoms with Crippen molar-refractivity contribution in [2.75, 3.05) is 33.3 Å². The zero-order chi connectivity index (χ0) is 24.7. The first kappa shape index (κ1) is 24.4. The first-order valence-corrected chi connectivity index (χ1v) is 10.3. The van der Waals surface area contributed by atoms with E-state index < -0.39 is 18.5 Å². The second-order valence-electron chi connectivity index (χ2n) is 7.15. The minimum atomic E-state index is -0.691. The summed E-state index contributed by atoms with van der Waals surface area (Å²) in [4.78, 5) is 24.8. The first-order chi connectivity index (χ1) is 16.4. The van der Waals surface area contributed by atoms with Gasteiger partial charge in [-0.2, -0.15) is 0 Å². The van der Waals surface area contributed by atoms with Crippen LogP contribution in [0.4, 0.5) is 5.69 Å². The van der Waals surface area contributed by atoms with Crippen molar-refractivity contribution in [3.8, 4) is 23.0 Å². The van der Waals surface area contributed by atoms with Crippen molar-refractivity contribution >= 4 is 17.6 Å². The maximum Gasteiger partial charge on any atom is 0.338 e. The van der Waals surface area contributed by atoms with Crippen LogP contribution in [0.3, 0.4) is 0 Å². The third kappa shape index (κ3) is 5.77. The Kier molecular flexibility index (Phi) is 7.96. The van der Waals surface area contributed by atoms with Crippen LogP contribution in [0.25, 0.3) is 0 Å². The van der Waals surface area contributed by atoms with Gasteiger partial charge < -0.3 is 33.5 Å². The Hall–Kier alpha value is -4.21. The topological polar surface area (TPSA) is 118 Å². The number of carbonyl (C=O) groups is 2. The smallest absolute Gasteiger partial charge is 0.338 e. The van der Waals surface area contributed by atoms with Gasteiger partial charge >= 0.3 is 5.97 Å². The lowest BCUT2D eigenvalue weighted by atomic mass is 10.2. The number of aryl methyl sites for hydroxylation is 2. The fraction of sp³-hybridized carbons (Fsp3) is 0.292. The molecule has 10 heteroatoms. The van der Waals surface area contributed by atoms with E-state index in [4.69, 9.17) is 28.2 Å². The van der Waals surface area contributed by atoms with Crippen LogP contribution in [-0.2, 0) is 16.1 Å². The van der Waals surface area contributed by atoms with E-state index >= 15 is 0 Å². The molecule has 10 nitrogen and oxygen atoms in total. The predicted molar refractivity (Wildman–Crippen MR) is 122 cm³/mol. The van der Waals surface area contributed by atoms with Crippen molar-refractivity contribution in [3.05, 3.63) is 59.0 Å². The molecule has 0 saturated heterocycles. The number of nitrogens with one attached hydrogen (secondary N) is 1. The first-order valence-electron chi connectivity index (χ1n) is 10.3. The highest BCUT2D eigenvalue weighted by atomic mass is 16.5. The summed E-state index contributed by atoms with van der Waals surface area (Å²) in [5.41, 5.74) is 2.17. The highest BCUT2D eigenvalue weighted by molar-refractivity contribution is 5.96. The van der Waals surface area contributed by atoms with Crippen LogP contribution in [0, 0.1) is 13.8 Å². The van der Waals surface area contributed by atoms with E-state index in [9.17, 15) is 9.59 Å². The van der Waals surface area contributed by atoms with E-state index in [1.54, 1.807) is 31.2 Å². The summed E-state index contributed by atoms with van der Waals surface area (Å²) < 4.78 is 31.8. The number of carbonyl (C=O) groups excluding carboxylic acids is 2. The lowest BCUT2D eigenvalue weighted by molar-refractivity contribution is -0.119. The Labute approximate surface area is 196 Å². The van der Waals surface area contributed by atoms with Crippen LogP contribution in [-0.4, -0.2) is 45.0 Å². The summed E-state index contributed by atoms with van der Waals surface area (Å²) in [6.07, 6.45) is 0. The minimum Gasteiger partial charge on any atom is -0.497 e. The number of aromatic nitrogens is 1. The number of amides is 1. The average molecular weight is 470 g/mol. The molecule has 0 spiro atoms. The van der Waals surface area contributed by atoms with Gasteiger partial charge in [0.15, 0.2) is 18.1 Å². The van der Waals surface area contributed by atoms with E-state index in [0.29, 0.717) is 34.4 Å². The molecule has 0 bridgehead atoms. The molecule has 1 aromatic heterocycles. The van der Waals surface area contributed by atoms with Crippen LogP contribution in [0.15, 0.2) is 40.9 Å². The van der Waals surface area contributed by atoms with E-state index in [2.05, 4.69) is 10.5 Å². The van der Waals surface area contributed by atoms with Gasteiger partial charge in [-0.3, -0.25) is 4.79 Å². The molecule has 1 amide bonds. The molecular weight excluding hydrogens is 444 g/mol. The highest BCUT2D eigenvalue weighted by Gasteiger charge is 2.17. The van der Waals surface area contributed by atoms with Crippen molar-refractivity contribution in [2.24, 2.45) is 0 Å². The maximum absolute atomic E-state index is 12.5. The number of esters is 1. The highest BCUT2D eigenvalue weighted by Crippen LogP contribution is 2.30. The Bertz CT molecular complexity index is 1150. The third-order valence-corrected chi connectivity index (χ3v) is 4.97. The molecule has 0 aliphatic carbocycles. The molecule has 0 radical (unpaired) electrons. The van der Waals surface area contributed by atoms with Gasteiger partial charge in [-0.1, -0.05) is 5.16 Å². The van der Waals surface area contributed by atoms with Crippen LogP contribution >= 0.6 is 0 Å². The van der Waals surface area contributed by atoms with Crippen LogP contribution in [0.2, 0.25) is 0 Å².